The second-order valence-corrected chi connectivity index (χ2v) is 6.31. The molecule has 1 saturated heterocycles. The van der Waals surface area contributed by atoms with Gasteiger partial charge in [0.1, 0.15) is 11.5 Å². The number of piperidine rings is 1. The fourth-order valence-electron chi connectivity index (χ4n) is 3.28. The SMILES string of the molecule is CCCCCOc1cc(OC)ccc1C(CN)N1CCCCC1. The third-order valence-corrected chi connectivity index (χ3v) is 4.64. The number of ether oxygens (including phenoxy) is 2. The molecule has 1 atom stereocenters. The topological polar surface area (TPSA) is 47.7 Å². The minimum Gasteiger partial charge on any atom is -0.497 e. The van der Waals surface area contributed by atoms with Gasteiger partial charge in [-0.15, -0.1) is 0 Å². The Morgan fingerprint density at radius 3 is 2.61 bits per heavy atom. The lowest BCUT2D eigenvalue weighted by atomic mass is 10.0. The van der Waals surface area contributed by atoms with Crippen molar-refractivity contribution >= 4 is 0 Å². The lowest BCUT2D eigenvalue weighted by Gasteiger charge is -2.35. The van der Waals surface area contributed by atoms with Gasteiger partial charge in [-0.2, -0.15) is 0 Å². The van der Waals surface area contributed by atoms with Gasteiger partial charge in [-0.3, -0.25) is 4.90 Å². The summed E-state index contributed by atoms with van der Waals surface area (Å²) in [5.74, 6) is 1.77. The van der Waals surface area contributed by atoms with E-state index in [1.807, 2.05) is 12.1 Å². The van der Waals surface area contributed by atoms with Crippen LogP contribution in [0.3, 0.4) is 0 Å². The molecular weight excluding hydrogens is 288 g/mol. The molecule has 0 amide bonds. The molecule has 1 aromatic rings. The molecule has 130 valence electrons. The number of benzene rings is 1. The van der Waals surface area contributed by atoms with Crippen molar-refractivity contribution in [3.05, 3.63) is 23.8 Å². The summed E-state index contributed by atoms with van der Waals surface area (Å²) in [6, 6.07) is 6.39. The molecule has 0 aromatic heterocycles. The number of nitrogens with two attached hydrogens (primary N) is 1. The van der Waals surface area contributed by atoms with Gasteiger partial charge in [0.15, 0.2) is 0 Å². The molecule has 0 bridgehead atoms. The highest BCUT2D eigenvalue weighted by atomic mass is 16.5. The first kappa shape index (κ1) is 18.1. The highest BCUT2D eigenvalue weighted by Crippen LogP contribution is 2.33. The van der Waals surface area contributed by atoms with E-state index < -0.39 is 0 Å². The molecule has 1 unspecified atom stereocenters. The Labute approximate surface area is 140 Å². The maximum atomic E-state index is 6.12. The van der Waals surface area contributed by atoms with Gasteiger partial charge in [-0.25, -0.2) is 0 Å². The van der Waals surface area contributed by atoms with Crippen LogP contribution < -0.4 is 15.2 Å². The van der Waals surface area contributed by atoms with Crippen molar-refractivity contribution in [3.8, 4) is 11.5 Å². The number of rotatable bonds is 9. The Balaban J connectivity index is 2.16. The number of nitrogens with zero attached hydrogens (tertiary/aromatic N) is 1. The van der Waals surface area contributed by atoms with Crippen molar-refractivity contribution in [3.63, 3.8) is 0 Å². The van der Waals surface area contributed by atoms with E-state index in [1.54, 1.807) is 7.11 Å². The third kappa shape index (κ3) is 5.11. The summed E-state index contributed by atoms with van der Waals surface area (Å²) in [6.07, 6.45) is 7.35. The van der Waals surface area contributed by atoms with Crippen LogP contribution in [0.1, 0.15) is 57.1 Å². The molecule has 1 heterocycles. The molecule has 0 spiro atoms. The van der Waals surface area contributed by atoms with E-state index in [2.05, 4.69) is 17.9 Å². The van der Waals surface area contributed by atoms with Gasteiger partial charge in [-0.1, -0.05) is 32.3 Å². The van der Waals surface area contributed by atoms with Crippen molar-refractivity contribution < 1.29 is 9.47 Å². The van der Waals surface area contributed by atoms with Crippen LogP contribution in [-0.2, 0) is 0 Å². The Morgan fingerprint density at radius 2 is 1.96 bits per heavy atom. The Morgan fingerprint density at radius 1 is 1.17 bits per heavy atom. The van der Waals surface area contributed by atoms with E-state index in [0.29, 0.717) is 6.54 Å². The summed E-state index contributed by atoms with van der Waals surface area (Å²) in [5, 5.41) is 0. The fraction of sp³-hybridized carbons (Fsp3) is 0.684. The van der Waals surface area contributed by atoms with Crippen LogP contribution in [0.2, 0.25) is 0 Å². The highest BCUT2D eigenvalue weighted by molar-refractivity contribution is 5.43. The summed E-state index contributed by atoms with van der Waals surface area (Å²) < 4.78 is 11.5. The van der Waals surface area contributed by atoms with E-state index in [0.717, 1.165) is 37.6 Å². The number of hydrogen-bond donors (Lipinski definition) is 1. The van der Waals surface area contributed by atoms with Crippen LogP contribution >= 0.6 is 0 Å². The van der Waals surface area contributed by atoms with Crippen molar-refractivity contribution in [1.82, 2.24) is 4.90 Å². The zero-order chi connectivity index (χ0) is 16.5. The first-order valence-corrected chi connectivity index (χ1v) is 9.05. The predicted octanol–water partition coefficient (Wildman–Crippen LogP) is 3.75. The van der Waals surface area contributed by atoms with Crippen molar-refractivity contribution in [2.75, 3.05) is 33.4 Å². The molecule has 0 radical (unpaired) electrons. The van der Waals surface area contributed by atoms with Crippen LogP contribution in [0.15, 0.2) is 18.2 Å². The molecule has 23 heavy (non-hydrogen) atoms. The largest absolute Gasteiger partial charge is 0.497 e. The summed E-state index contributed by atoms with van der Waals surface area (Å²) >= 11 is 0. The molecule has 0 aliphatic carbocycles. The van der Waals surface area contributed by atoms with E-state index >= 15 is 0 Å². The molecule has 4 heteroatoms. The predicted molar refractivity (Wildman–Crippen MR) is 95.2 cm³/mol. The van der Waals surface area contributed by atoms with Gasteiger partial charge in [-0.05, 0) is 38.4 Å². The van der Waals surface area contributed by atoms with Crippen LogP contribution in [0.5, 0.6) is 11.5 Å². The Bertz CT molecular complexity index is 459. The second-order valence-electron chi connectivity index (χ2n) is 6.31. The minimum absolute atomic E-state index is 0.238. The molecule has 4 nitrogen and oxygen atoms in total. The highest BCUT2D eigenvalue weighted by Gasteiger charge is 2.24. The second kappa shape index (κ2) is 9.78. The molecule has 1 fully saturated rings. The monoisotopic (exact) mass is 320 g/mol. The smallest absolute Gasteiger partial charge is 0.127 e. The molecule has 1 aliphatic rings. The van der Waals surface area contributed by atoms with Crippen LogP contribution in [-0.4, -0.2) is 38.3 Å². The van der Waals surface area contributed by atoms with Gasteiger partial charge < -0.3 is 15.2 Å². The average molecular weight is 320 g/mol. The Kier molecular flexibility index (Phi) is 7.69. The summed E-state index contributed by atoms with van der Waals surface area (Å²) in [6.45, 7) is 5.84. The first-order chi connectivity index (χ1) is 11.3. The number of unbranched alkanes of at least 4 members (excludes halogenated alkanes) is 2. The zero-order valence-electron chi connectivity index (χ0n) is 14.7. The first-order valence-electron chi connectivity index (χ1n) is 9.05. The Hall–Kier alpha value is -1.26. The van der Waals surface area contributed by atoms with E-state index in [1.165, 1.54) is 37.7 Å². The fourth-order valence-corrected chi connectivity index (χ4v) is 3.28. The van der Waals surface area contributed by atoms with Gasteiger partial charge in [0, 0.05) is 18.2 Å². The molecular formula is C19H32N2O2. The summed E-state index contributed by atoms with van der Waals surface area (Å²) in [5.41, 5.74) is 7.32. The standard InChI is InChI=1S/C19H32N2O2/c1-3-4-8-13-23-19-14-16(22-2)9-10-17(19)18(15-20)21-11-6-5-7-12-21/h9-10,14,18H,3-8,11-13,15,20H2,1-2H3. The number of likely N-dealkylation sites (tertiary alicyclic amines) is 1. The normalized spacial score (nSPS) is 17.0. The molecule has 1 aromatic carbocycles. The molecule has 2 rings (SSSR count). The summed E-state index contributed by atoms with van der Waals surface area (Å²) in [7, 11) is 1.70. The third-order valence-electron chi connectivity index (χ3n) is 4.64. The quantitative estimate of drug-likeness (QED) is 0.704. The van der Waals surface area contributed by atoms with Crippen LogP contribution in [0, 0.1) is 0 Å². The molecule has 1 aliphatic heterocycles. The van der Waals surface area contributed by atoms with E-state index in [-0.39, 0.29) is 6.04 Å². The van der Waals surface area contributed by atoms with Crippen LogP contribution in [0.25, 0.3) is 0 Å². The van der Waals surface area contributed by atoms with Crippen molar-refractivity contribution in [2.24, 2.45) is 5.73 Å². The van der Waals surface area contributed by atoms with E-state index in [9.17, 15) is 0 Å². The molecule has 0 saturated carbocycles. The number of hydrogen-bond acceptors (Lipinski definition) is 4. The van der Waals surface area contributed by atoms with Crippen molar-refractivity contribution in [2.45, 2.75) is 51.5 Å². The van der Waals surface area contributed by atoms with Gasteiger partial charge >= 0.3 is 0 Å². The minimum atomic E-state index is 0.238. The molecule has 2 N–H and O–H groups in total. The summed E-state index contributed by atoms with van der Waals surface area (Å²) in [4.78, 5) is 2.50. The lowest BCUT2D eigenvalue weighted by Crippen LogP contribution is -2.37. The average Bonchev–Trinajstić information content (AvgIpc) is 2.61. The van der Waals surface area contributed by atoms with Crippen LogP contribution in [0.4, 0.5) is 0 Å². The van der Waals surface area contributed by atoms with Gasteiger partial charge in [0.25, 0.3) is 0 Å². The maximum Gasteiger partial charge on any atom is 0.127 e. The number of methoxy groups -OCH3 is 1. The van der Waals surface area contributed by atoms with E-state index in [4.69, 9.17) is 15.2 Å². The van der Waals surface area contributed by atoms with Gasteiger partial charge in [0.2, 0.25) is 0 Å². The maximum absolute atomic E-state index is 6.12. The lowest BCUT2D eigenvalue weighted by molar-refractivity contribution is 0.163. The zero-order valence-corrected chi connectivity index (χ0v) is 14.7. The van der Waals surface area contributed by atoms with Crippen molar-refractivity contribution in [1.29, 1.82) is 0 Å². The van der Waals surface area contributed by atoms with Gasteiger partial charge in [0.05, 0.1) is 19.8 Å².